The third kappa shape index (κ3) is 4.68. The third-order valence-electron chi connectivity index (χ3n) is 7.20. The fourth-order valence-electron chi connectivity index (χ4n) is 5.42. The van der Waals surface area contributed by atoms with Crippen LogP contribution >= 0.6 is 0 Å². The Balaban J connectivity index is 1.26. The summed E-state index contributed by atoms with van der Waals surface area (Å²) >= 11 is 0. The highest BCUT2D eigenvalue weighted by Gasteiger charge is 2.52. The fourth-order valence-corrected chi connectivity index (χ4v) is 5.42. The van der Waals surface area contributed by atoms with E-state index in [1.165, 1.54) is 38.8 Å². The van der Waals surface area contributed by atoms with Gasteiger partial charge in [0.15, 0.2) is 0 Å². The molecule has 7 nitrogen and oxygen atoms in total. The zero-order valence-corrected chi connectivity index (χ0v) is 19.3. The lowest BCUT2D eigenvalue weighted by Gasteiger charge is -2.48. The molecule has 2 fully saturated rings. The van der Waals surface area contributed by atoms with E-state index >= 15 is 0 Å². The molecule has 32 heavy (non-hydrogen) atoms. The number of nitrogens with one attached hydrogen (secondary N) is 1. The molecule has 0 spiro atoms. The SMILES string of the molecule is CC12CCC(=O)N1c1ccccc1C(=O)N2CCCC(=O)NCCCN1CCCCCC1. The van der Waals surface area contributed by atoms with Crippen molar-refractivity contribution in [3.05, 3.63) is 29.8 Å². The maximum Gasteiger partial charge on any atom is 0.257 e. The molecule has 0 bridgehead atoms. The summed E-state index contributed by atoms with van der Waals surface area (Å²) in [6.45, 7) is 6.54. The Morgan fingerprint density at radius 3 is 2.56 bits per heavy atom. The minimum absolute atomic E-state index is 0.0373. The van der Waals surface area contributed by atoms with Crippen molar-refractivity contribution in [1.29, 1.82) is 0 Å². The number of carbonyl (C=O) groups is 3. The second-order valence-electron chi connectivity index (χ2n) is 9.48. The monoisotopic (exact) mass is 440 g/mol. The summed E-state index contributed by atoms with van der Waals surface area (Å²) in [5.74, 6) is 0.0433. The maximum absolute atomic E-state index is 13.2. The standard InChI is InChI=1S/C25H36N4O3/c1-25-14-13-23(31)29(25)21-11-5-4-10-20(21)24(32)28(25)19-8-12-22(30)26-15-9-18-27-16-6-2-3-7-17-27/h4-5,10-11H,2-3,6-9,12-19H2,1H3,(H,26,30). The molecule has 1 aromatic carbocycles. The average molecular weight is 441 g/mol. The van der Waals surface area contributed by atoms with Crippen LogP contribution in [0.15, 0.2) is 24.3 Å². The second-order valence-corrected chi connectivity index (χ2v) is 9.48. The molecule has 1 atom stereocenters. The number of benzene rings is 1. The number of rotatable bonds is 8. The Morgan fingerprint density at radius 1 is 1.03 bits per heavy atom. The van der Waals surface area contributed by atoms with E-state index in [2.05, 4.69) is 10.2 Å². The van der Waals surface area contributed by atoms with E-state index in [4.69, 9.17) is 0 Å². The summed E-state index contributed by atoms with van der Waals surface area (Å²) < 4.78 is 0. The molecule has 174 valence electrons. The molecule has 4 rings (SSSR count). The summed E-state index contributed by atoms with van der Waals surface area (Å²) in [6.07, 6.45) is 8.25. The molecule has 7 heteroatoms. The van der Waals surface area contributed by atoms with Crippen LogP contribution in [0.5, 0.6) is 0 Å². The quantitative estimate of drug-likeness (QED) is 0.631. The van der Waals surface area contributed by atoms with Crippen molar-refractivity contribution in [2.45, 2.75) is 70.4 Å². The number of amides is 3. The first-order valence-electron chi connectivity index (χ1n) is 12.2. The molecule has 0 radical (unpaired) electrons. The predicted octanol–water partition coefficient (Wildman–Crippen LogP) is 3.15. The van der Waals surface area contributed by atoms with Gasteiger partial charge < -0.3 is 15.1 Å². The zero-order valence-electron chi connectivity index (χ0n) is 19.3. The molecular formula is C25H36N4O3. The smallest absolute Gasteiger partial charge is 0.257 e. The molecular weight excluding hydrogens is 404 g/mol. The lowest BCUT2D eigenvalue weighted by molar-refractivity contribution is -0.121. The van der Waals surface area contributed by atoms with Crippen LogP contribution in [0.1, 0.15) is 75.1 Å². The highest BCUT2D eigenvalue weighted by atomic mass is 16.2. The van der Waals surface area contributed by atoms with E-state index in [0.717, 1.165) is 13.0 Å². The number of likely N-dealkylation sites (tertiary alicyclic amines) is 1. The van der Waals surface area contributed by atoms with Crippen LogP contribution in [-0.2, 0) is 9.59 Å². The van der Waals surface area contributed by atoms with E-state index < -0.39 is 5.66 Å². The van der Waals surface area contributed by atoms with Crippen molar-refractivity contribution in [1.82, 2.24) is 15.1 Å². The Bertz CT molecular complexity index is 849. The molecule has 1 aromatic rings. The van der Waals surface area contributed by atoms with Gasteiger partial charge in [0, 0.05) is 25.9 Å². The van der Waals surface area contributed by atoms with Crippen molar-refractivity contribution in [2.24, 2.45) is 0 Å². The number of fused-ring (bicyclic) bond motifs is 3. The van der Waals surface area contributed by atoms with E-state index in [9.17, 15) is 14.4 Å². The first-order valence-corrected chi connectivity index (χ1v) is 12.2. The highest BCUT2D eigenvalue weighted by Crippen LogP contribution is 2.43. The predicted molar refractivity (Wildman–Crippen MR) is 124 cm³/mol. The molecule has 3 aliphatic heterocycles. The Morgan fingerprint density at radius 2 is 1.78 bits per heavy atom. The van der Waals surface area contributed by atoms with Gasteiger partial charge >= 0.3 is 0 Å². The van der Waals surface area contributed by atoms with Crippen LogP contribution in [0.25, 0.3) is 0 Å². The molecule has 1 unspecified atom stereocenters. The Hall–Kier alpha value is -2.41. The molecule has 3 heterocycles. The van der Waals surface area contributed by atoms with Crippen LogP contribution in [0, 0.1) is 0 Å². The van der Waals surface area contributed by atoms with Gasteiger partial charge in [0.1, 0.15) is 5.66 Å². The van der Waals surface area contributed by atoms with E-state index in [0.29, 0.717) is 50.0 Å². The largest absolute Gasteiger partial charge is 0.356 e. The fraction of sp³-hybridized carbons (Fsp3) is 0.640. The van der Waals surface area contributed by atoms with Crippen molar-refractivity contribution >= 4 is 23.4 Å². The Kier molecular flexibility index (Phi) is 7.13. The number of para-hydroxylation sites is 1. The lowest BCUT2D eigenvalue weighted by Crippen LogP contribution is -2.62. The molecule has 1 N–H and O–H groups in total. The van der Waals surface area contributed by atoms with Gasteiger partial charge in [-0.25, -0.2) is 0 Å². The summed E-state index contributed by atoms with van der Waals surface area (Å²) in [6, 6.07) is 7.33. The normalized spacial score (nSPS) is 23.7. The molecule has 0 aliphatic carbocycles. The van der Waals surface area contributed by atoms with Gasteiger partial charge in [-0.05, 0) is 70.8 Å². The van der Waals surface area contributed by atoms with Crippen molar-refractivity contribution in [3.8, 4) is 0 Å². The van der Waals surface area contributed by atoms with Crippen LogP contribution < -0.4 is 10.2 Å². The van der Waals surface area contributed by atoms with Gasteiger partial charge in [0.25, 0.3) is 5.91 Å². The molecule has 0 saturated carbocycles. The van der Waals surface area contributed by atoms with Crippen LogP contribution in [0.2, 0.25) is 0 Å². The van der Waals surface area contributed by atoms with E-state index in [1.807, 2.05) is 25.1 Å². The van der Waals surface area contributed by atoms with Gasteiger partial charge in [-0.2, -0.15) is 0 Å². The molecule has 3 amide bonds. The van der Waals surface area contributed by atoms with Gasteiger partial charge in [-0.3, -0.25) is 19.3 Å². The van der Waals surface area contributed by atoms with Gasteiger partial charge in [-0.15, -0.1) is 0 Å². The number of hydrogen-bond acceptors (Lipinski definition) is 4. The minimum Gasteiger partial charge on any atom is -0.356 e. The first-order chi connectivity index (χ1) is 15.5. The number of nitrogens with zero attached hydrogens (tertiary/aromatic N) is 3. The Labute approximate surface area is 191 Å². The summed E-state index contributed by atoms with van der Waals surface area (Å²) in [4.78, 5) is 44.3. The maximum atomic E-state index is 13.2. The molecule has 3 aliphatic rings. The zero-order chi connectivity index (χ0) is 22.6. The van der Waals surface area contributed by atoms with Gasteiger partial charge in [0.05, 0.1) is 11.3 Å². The minimum atomic E-state index is -0.647. The second kappa shape index (κ2) is 10.0. The van der Waals surface area contributed by atoms with E-state index in [-0.39, 0.29) is 17.7 Å². The van der Waals surface area contributed by atoms with Gasteiger partial charge in [-0.1, -0.05) is 25.0 Å². The van der Waals surface area contributed by atoms with Crippen LogP contribution in [0.3, 0.4) is 0 Å². The summed E-state index contributed by atoms with van der Waals surface area (Å²) in [5.41, 5.74) is 0.630. The number of anilines is 1. The molecule has 0 aromatic heterocycles. The number of hydrogen-bond donors (Lipinski definition) is 1. The average Bonchev–Trinajstić information content (AvgIpc) is 2.95. The van der Waals surface area contributed by atoms with Crippen molar-refractivity contribution in [2.75, 3.05) is 37.6 Å². The van der Waals surface area contributed by atoms with E-state index in [1.54, 1.807) is 15.9 Å². The lowest BCUT2D eigenvalue weighted by atomic mass is 9.98. The summed E-state index contributed by atoms with van der Waals surface area (Å²) in [7, 11) is 0. The van der Waals surface area contributed by atoms with Crippen LogP contribution in [0.4, 0.5) is 5.69 Å². The van der Waals surface area contributed by atoms with Crippen LogP contribution in [-0.4, -0.2) is 65.9 Å². The number of carbonyl (C=O) groups excluding carboxylic acids is 3. The third-order valence-corrected chi connectivity index (χ3v) is 7.20. The van der Waals surface area contributed by atoms with Crippen molar-refractivity contribution < 1.29 is 14.4 Å². The van der Waals surface area contributed by atoms with Gasteiger partial charge in [0.2, 0.25) is 11.8 Å². The highest BCUT2D eigenvalue weighted by molar-refractivity contribution is 6.10. The first kappa shape index (κ1) is 22.8. The molecule has 2 saturated heterocycles. The van der Waals surface area contributed by atoms with Crippen molar-refractivity contribution in [3.63, 3.8) is 0 Å². The summed E-state index contributed by atoms with van der Waals surface area (Å²) in [5, 5.41) is 3.03. The topological polar surface area (TPSA) is 73.0 Å².